The molecule has 0 saturated carbocycles. The van der Waals surface area contributed by atoms with Crippen molar-refractivity contribution in [2.24, 2.45) is 5.92 Å². The van der Waals surface area contributed by atoms with Crippen molar-refractivity contribution in [2.45, 2.75) is 32.9 Å². The third kappa shape index (κ3) is 3.58. The number of alkyl halides is 3. The lowest BCUT2D eigenvalue weighted by molar-refractivity contribution is -0.169. The van der Waals surface area contributed by atoms with Gasteiger partial charge in [-0.05, 0) is 12.0 Å². The second-order valence-electron chi connectivity index (χ2n) is 4.08. The second-order valence-corrected chi connectivity index (χ2v) is 4.08. The number of Topliss-reactive ketones (excluding diaryl/α,β-unsaturated/α-hetero) is 1. The molecule has 0 saturated heterocycles. The van der Waals surface area contributed by atoms with Crippen molar-refractivity contribution >= 4 is 5.78 Å². The van der Waals surface area contributed by atoms with Crippen molar-refractivity contribution < 1.29 is 18.0 Å². The minimum atomic E-state index is -4.22. The van der Waals surface area contributed by atoms with Crippen LogP contribution in [0.2, 0.25) is 0 Å². The van der Waals surface area contributed by atoms with Crippen molar-refractivity contribution in [3.05, 3.63) is 35.4 Å². The van der Waals surface area contributed by atoms with Crippen molar-refractivity contribution in [1.82, 2.24) is 0 Å². The van der Waals surface area contributed by atoms with Gasteiger partial charge in [0, 0.05) is 12.0 Å². The summed E-state index contributed by atoms with van der Waals surface area (Å²) < 4.78 is 37.4. The summed E-state index contributed by atoms with van der Waals surface area (Å²) in [6.45, 7) is 2.83. The Hall–Kier alpha value is -1.32. The third-order valence-corrected chi connectivity index (χ3v) is 2.72. The van der Waals surface area contributed by atoms with Crippen LogP contribution in [0.25, 0.3) is 0 Å². The molecular formula is C13H15F3O. The molecule has 17 heavy (non-hydrogen) atoms. The first-order valence-corrected chi connectivity index (χ1v) is 5.54. The number of ketones is 1. The Bertz CT molecular complexity index is 396. The highest BCUT2D eigenvalue weighted by Gasteiger charge is 2.36. The van der Waals surface area contributed by atoms with Crippen LogP contribution in [0.4, 0.5) is 13.2 Å². The van der Waals surface area contributed by atoms with Crippen molar-refractivity contribution in [3.63, 3.8) is 0 Å². The van der Waals surface area contributed by atoms with E-state index >= 15 is 0 Å². The Morgan fingerprint density at radius 1 is 1.29 bits per heavy atom. The summed E-state index contributed by atoms with van der Waals surface area (Å²) in [5, 5.41) is 0. The lowest BCUT2D eigenvalue weighted by Gasteiger charge is -2.17. The summed E-state index contributed by atoms with van der Waals surface area (Å²) in [7, 11) is 0. The molecule has 0 amide bonds. The van der Waals surface area contributed by atoms with Gasteiger partial charge in [0.25, 0.3) is 0 Å². The number of halogens is 3. The minimum absolute atomic E-state index is 0.116. The number of carbonyl (C=O) groups excluding carboxylic acids is 1. The first-order valence-electron chi connectivity index (χ1n) is 5.54. The van der Waals surface area contributed by atoms with Crippen molar-refractivity contribution in [2.75, 3.05) is 0 Å². The highest BCUT2D eigenvalue weighted by Crippen LogP contribution is 2.29. The third-order valence-electron chi connectivity index (χ3n) is 2.72. The van der Waals surface area contributed by atoms with Crippen LogP contribution in [0.1, 0.15) is 36.2 Å². The van der Waals surface area contributed by atoms with Gasteiger partial charge in [-0.25, -0.2) is 0 Å². The van der Waals surface area contributed by atoms with Gasteiger partial charge in [-0.1, -0.05) is 38.1 Å². The average Bonchev–Trinajstić information content (AvgIpc) is 2.27. The molecule has 4 heteroatoms. The Morgan fingerprint density at radius 2 is 1.88 bits per heavy atom. The van der Waals surface area contributed by atoms with Gasteiger partial charge in [0.15, 0.2) is 5.78 Å². The van der Waals surface area contributed by atoms with Crippen LogP contribution in [0.5, 0.6) is 0 Å². The molecular weight excluding hydrogens is 229 g/mol. The molecule has 0 radical (unpaired) electrons. The molecule has 0 aliphatic rings. The van der Waals surface area contributed by atoms with E-state index in [1.54, 1.807) is 31.2 Å². The van der Waals surface area contributed by atoms with Gasteiger partial charge in [-0.3, -0.25) is 4.79 Å². The summed E-state index contributed by atoms with van der Waals surface area (Å²) in [6, 6.07) is 6.50. The molecule has 1 atom stereocenters. The van der Waals surface area contributed by atoms with Crippen LogP contribution in [0, 0.1) is 5.92 Å². The van der Waals surface area contributed by atoms with Crippen LogP contribution in [0.15, 0.2) is 24.3 Å². The van der Waals surface area contributed by atoms with E-state index in [1.165, 1.54) is 0 Å². The van der Waals surface area contributed by atoms with Gasteiger partial charge in [0.2, 0.25) is 0 Å². The van der Waals surface area contributed by atoms with Gasteiger partial charge in [0.1, 0.15) is 0 Å². The molecule has 1 nitrogen and oxygen atoms in total. The molecule has 0 fully saturated rings. The van der Waals surface area contributed by atoms with Crippen LogP contribution in [-0.2, 0) is 6.42 Å². The predicted octanol–water partition coefficient (Wildman–Crippen LogP) is 4.02. The van der Waals surface area contributed by atoms with Crippen molar-refractivity contribution in [3.8, 4) is 0 Å². The quantitative estimate of drug-likeness (QED) is 0.731. The van der Waals surface area contributed by atoms with Gasteiger partial charge >= 0.3 is 6.18 Å². The van der Waals surface area contributed by atoms with E-state index in [0.29, 0.717) is 17.5 Å². The first kappa shape index (κ1) is 13.7. The molecule has 0 aliphatic heterocycles. The fourth-order valence-electron chi connectivity index (χ4n) is 1.61. The Labute approximate surface area is 98.6 Å². The summed E-state index contributed by atoms with van der Waals surface area (Å²) in [6.07, 6.45) is -4.06. The molecule has 1 unspecified atom stereocenters. The molecule has 0 aromatic heterocycles. The van der Waals surface area contributed by atoms with Crippen LogP contribution in [0.3, 0.4) is 0 Å². The summed E-state index contributed by atoms with van der Waals surface area (Å²) in [4.78, 5) is 11.6. The first-order chi connectivity index (χ1) is 7.86. The lowest BCUT2D eigenvalue weighted by Crippen LogP contribution is -2.22. The molecule has 0 aliphatic carbocycles. The Kier molecular flexibility index (Phi) is 4.32. The SMILES string of the molecule is CCC(=O)c1ccccc1CC(C)C(F)(F)F. The maximum atomic E-state index is 12.5. The molecule has 0 bridgehead atoms. The monoisotopic (exact) mass is 244 g/mol. The maximum Gasteiger partial charge on any atom is 0.391 e. The smallest absolute Gasteiger partial charge is 0.294 e. The topological polar surface area (TPSA) is 17.1 Å². The highest BCUT2D eigenvalue weighted by molar-refractivity contribution is 5.97. The number of benzene rings is 1. The van der Waals surface area contributed by atoms with E-state index in [1.807, 2.05) is 0 Å². The minimum Gasteiger partial charge on any atom is -0.294 e. The van der Waals surface area contributed by atoms with E-state index in [9.17, 15) is 18.0 Å². The van der Waals surface area contributed by atoms with Gasteiger partial charge in [-0.2, -0.15) is 13.2 Å². The van der Waals surface area contributed by atoms with Crippen LogP contribution in [-0.4, -0.2) is 12.0 Å². The lowest BCUT2D eigenvalue weighted by atomic mass is 9.94. The Morgan fingerprint density at radius 3 is 2.41 bits per heavy atom. The number of hydrogen-bond acceptors (Lipinski definition) is 1. The van der Waals surface area contributed by atoms with Crippen LogP contribution >= 0.6 is 0 Å². The predicted molar refractivity (Wildman–Crippen MR) is 60.0 cm³/mol. The largest absolute Gasteiger partial charge is 0.391 e. The van der Waals surface area contributed by atoms with E-state index in [2.05, 4.69) is 0 Å². The zero-order valence-corrected chi connectivity index (χ0v) is 9.84. The molecule has 0 N–H and O–H groups in total. The summed E-state index contributed by atoms with van der Waals surface area (Å²) in [5.74, 6) is -1.55. The van der Waals surface area contributed by atoms with Crippen LogP contribution < -0.4 is 0 Å². The van der Waals surface area contributed by atoms with E-state index in [4.69, 9.17) is 0 Å². The van der Waals surface area contributed by atoms with E-state index in [-0.39, 0.29) is 12.2 Å². The molecule has 1 rings (SSSR count). The fourth-order valence-corrected chi connectivity index (χ4v) is 1.61. The maximum absolute atomic E-state index is 12.5. The number of rotatable bonds is 4. The fraction of sp³-hybridized carbons (Fsp3) is 0.462. The van der Waals surface area contributed by atoms with E-state index < -0.39 is 12.1 Å². The molecule has 0 spiro atoms. The summed E-state index contributed by atoms with van der Waals surface area (Å²) >= 11 is 0. The highest BCUT2D eigenvalue weighted by atomic mass is 19.4. The molecule has 94 valence electrons. The summed E-state index contributed by atoms with van der Waals surface area (Å²) in [5.41, 5.74) is 0.885. The molecule has 1 aromatic carbocycles. The molecule has 0 heterocycles. The van der Waals surface area contributed by atoms with Gasteiger partial charge in [0.05, 0.1) is 5.92 Å². The Balaban J connectivity index is 2.95. The zero-order chi connectivity index (χ0) is 13.1. The normalized spacial score (nSPS) is 13.5. The average molecular weight is 244 g/mol. The van der Waals surface area contributed by atoms with Gasteiger partial charge in [-0.15, -0.1) is 0 Å². The van der Waals surface area contributed by atoms with Crippen molar-refractivity contribution in [1.29, 1.82) is 0 Å². The number of carbonyl (C=O) groups is 1. The molecule has 1 aromatic rings. The van der Waals surface area contributed by atoms with E-state index in [0.717, 1.165) is 6.92 Å². The zero-order valence-electron chi connectivity index (χ0n) is 9.84. The van der Waals surface area contributed by atoms with Gasteiger partial charge < -0.3 is 0 Å². The second kappa shape index (κ2) is 5.34. The standard InChI is InChI=1S/C13H15F3O/c1-3-12(17)11-7-5-4-6-10(11)8-9(2)13(14,15)16/h4-7,9H,3,8H2,1-2H3. The number of hydrogen-bond donors (Lipinski definition) is 0.